The number of benzene rings is 1. The zero-order valence-electron chi connectivity index (χ0n) is 13.2. The summed E-state index contributed by atoms with van der Waals surface area (Å²) in [5, 5.41) is 8.93. The van der Waals surface area contributed by atoms with Crippen molar-refractivity contribution in [2.24, 2.45) is 5.73 Å². The Morgan fingerprint density at radius 1 is 1.25 bits per heavy atom. The quantitative estimate of drug-likeness (QED) is 0.859. The summed E-state index contributed by atoms with van der Waals surface area (Å²) in [6.07, 6.45) is 1.51. The topological polar surface area (TPSA) is 59.0 Å². The molecule has 2 unspecified atom stereocenters. The predicted octanol–water partition coefficient (Wildman–Crippen LogP) is 3.77. The van der Waals surface area contributed by atoms with Crippen molar-refractivity contribution in [3.63, 3.8) is 0 Å². The minimum Gasteiger partial charge on any atom is -0.491 e. The summed E-state index contributed by atoms with van der Waals surface area (Å²) in [5.74, 6) is 0.821. The van der Waals surface area contributed by atoms with E-state index in [2.05, 4.69) is 39.0 Å². The third-order valence-electron chi connectivity index (χ3n) is 3.82. The summed E-state index contributed by atoms with van der Waals surface area (Å²) in [5.41, 5.74) is 6.47. The molecule has 2 atom stereocenters. The second-order valence-electron chi connectivity index (χ2n) is 6.42. The molecule has 3 heteroatoms. The van der Waals surface area contributed by atoms with E-state index in [0.717, 1.165) is 12.2 Å². The average molecular weight is 274 g/mol. The molecular weight excluding hydrogens is 248 g/mol. The van der Waals surface area contributed by atoms with Crippen molar-refractivity contribution in [3.05, 3.63) is 29.8 Å². The second-order valence-corrected chi connectivity index (χ2v) is 6.42. The van der Waals surface area contributed by atoms with Gasteiger partial charge in [-0.2, -0.15) is 5.26 Å². The Balaban J connectivity index is 2.69. The molecule has 0 amide bonds. The molecule has 0 bridgehead atoms. The first-order chi connectivity index (χ1) is 9.20. The fourth-order valence-electron chi connectivity index (χ4n) is 2.11. The molecular formula is C17H26N2O. The summed E-state index contributed by atoms with van der Waals surface area (Å²) >= 11 is 0. The van der Waals surface area contributed by atoms with E-state index in [-0.39, 0.29) is 11.5 Å². The van der Waals surface area contributed by atoms with Crippen molar-refractivity contribution in [1.29, 1.82) is 5.26 Å². The fraction of sp³-hybridized carbons (Fsp3) is 0.588. The van der Waals surface area contributed by atoms with E-state index in [9.17, 15) is 0 Å². The molecule has 110 valence electrons. The molecule has 20 heavy (non-hydrogen) atoms. The summed E-state index contributed by atoms with van der Waals surface area (Å²) in [6.45, 7) is 10.3. The van der Waals surface area contributed by atoms with E-state index >= 15 is 0 Å². The summed E-state index contributed by atoms with van der Waals surface area (Å²) in [7, 11) is 0. The van der Waals surface area contributed by atoms with Crippen LogP contribution in [0.1, 0.15) is 53.0 Å². The van der Waals surface area contributed by atoms with Crippen LogP contribution in [0.25, 0.3) is 0 Å². The number of nitrogens with two attached hydrogens (primary N) is 1. The maximum Gasteiger partial charge on any atom is 0.119 e. The number of nitrogens with zero attached hydrogens (tertiary/aromatic N) is 1. The molecule has 1 aromatic rings. The van der Waals surface area contributed by atoms with Gasteiger partial charge in [-0.05, 0) is 43.4 Å². The Morgan fingerprint density at radius 2 is 1.80 bits per heavy atom. The lowest BCUT2D eigenvalue weighted by Crippen LogP contribution is -2.38. The molecule has 0 saturated heterocycles. The van der Waals surface area contributed by atoms with Gasteiger partial charge in [0, 0.05) is 6.42 Å². The van der Waals surface area contributed by atoms with Crippen LogP contribution in [0.15, 0.2) is 24.3 Å². The molecule has 2 N–H and O–H groups in total. The zero-order chi connectivity index (χ0) is 15.4. The molecule has 0 aliphatic carbocycles. The molecule has 1 aromatic carbocycles. The van der Waals surface area contributed by atoms with Crippen molar-refractivity contribution in [3.8, 4) is 11.8 Å². The van der Waals surface area contributed by atoms with Crippen molar-refractivity contribution < 1.29 is 4.74 Å². The van der Waals surface area contributed by atoms with Crippen LogP contribution in [0.2, 0.25) is 0 Å². The lowest BCUT2D eigenvalue weighted by atomic mass is 9.82. The molecule has 0 saturated carbocycles. The molecule has 0 aliphatic heterocycles. The monoisotopic (exact) mass is 274 g/mol. The standard InChI is InChI=1S/C17H26N2O/c1-6-16(3,4)14-7-9-15(10-8-14)20-13(2)11-17(5,19)12-18/h7-10,13H,6,11,19H2,1-5H3. The van der Waals surface area contributed by atoms with E-state index < -0.39 is 5.54 Å². The van der Waals surface area contributed by atoms with Crippen LogP contribution in [0, 0.1) is 11.3 Å². The van der Waals surface area contributed by atoms with Gasteiger partial charge in [0.25, 0.3) is 0 Å². The number of hydrogen-bond acceptors (Lipinski definition) is 3. The molecule has 0 aliphatic rings. The van der Waals surface area contributed by atoms with Gasteiger partial charge in [0.2, 0.25) is 0 Å². The molecule has 1 rings (SSSR count). The Hall–Kier alpha value is -1.53. The van der Waals surface area contributed by atoms with E-state index in [4.69, 9.17) is 15.7 Å². The smallest absolute Gasteiger partial charge is 0.119 e. The van der Waals surface area contributed by atoms with Crippen molar-refractivity contribution >= 4 is 0 Å². The summed E-state index contributed by atoms with van der Waals surface area (Å²) < 4.78 is 5.82. The molecule has 0 radical (unpaired) electrons. The first-order valence-corrected chi connectivity index (χ1v) is 7.17. The number of nitriles is 1. The van der Waals surface area contributed by atoms with Crippen LogP contribution in [0.3, 0.4) is 0 Å². The summed E-state index contributed by atoms with van der Waals surface area (Å²) in [6, 6.07) is 10.3. The normalized spacial score (nSPS) is 16.1. The van der Waals surface area contributed by atoms with E-state index in [0.29, 0.717) is 6.42 Å². The molecule has 0 spiro atoms. The van der Waals surface area contributed by atoms with Gasteiger partial charge in [-0.3, -0.25) is 0 Å². The van der Waals surface area contributed by atoms with Gasteiger partial charge in [-0.1, -0.05) is 32.9 Å². The van der Waals surface area contributed by atoms with Crippen LogP contribution in [-0.2, 0) is 5.41 Å². The maximum absolute atomic E-state index is 8.93. The van der Waals surface area contributed by atoms with Gasteiger partial charge in [0.1, 0.15) is 11.3 Å². The number of ether oxygens (including phenoxy) is 1. The van der Waals surface area contributed by atoms with Gasteiger partial charge >= 0.3 is 0 Å². The van der Waals surface area contributed by atoms with Crippen LogP contribution < -0.4 is 10.5 Å². The predicted molar refractivity (Wildman–Crippen MR) is 82.7 cm³/mol. The van der Waals surface area contributed by atoms with E-state index in [1.807, 2.05) is 19.1 Å². The van der Waals surface area contributed by atoms with Gasteiger partial charge in [0.05, 0.1) is 12.2 Å². The average Bonchev–Trinajstić information content (AvgIpc) is 2.38. The van der Waals surface area contributed by atoms with Crippen LogP contribution >= 0.6 is 0 Å². The maximum atomic E-state index is 8.93. The van der Waals surface area contributed by atoms with Crippen molar-refractivity contribution in [2.75, 3.05) is 0 Å². The Kier molecular flexibility index (Phi) is 5.19. The van der Waals surface area contributed by atoms with E-state index in [1.165, 1.54) is 5.56 Å². The minimum atomic E-state index is -0.844. The highest BCUT2D eigenvalue weighted by molar-refractivity contribution is 5.31. The van der Waals surface area contributed by atoms with Crippen LogP contribution in [0.5, 0.6) is 5.75 Å². The van der Waals surface area contributed by atoms with Crippen LogP contribution in [-0.4, -0.2) is 11.6 Å². The number of hydrogen-bond donors (Lipinski definition) is 1. The Morgan fingerprint density at radius 3 is 2.25 bits per heavy atom. The SMILES string of the molecule is CCC(C)(C)c1ccc(OC(C)CC(C)(N)C#N)cc1. The lowest BCUT2D eigenvalue weighted by Gasteiger charge is -2.24. The van der Waals surface area contributed by atoms with Crippen molar-refractivity contribution in [1.82, 2.24) is 0 Å². The Labute approximate surface area is 122 Å². The largest absolute Gasteiger partial charge is 0.491 e. The highest BCUT2D eigenvalue weighted by Gasteiger charge is 2.22. The van der Waals surface area contributed by atoms with Gasteiger partial charge in [-0.25, -0.2) is 0 Å². The molecule has 0 aromatic heterocycles. The van der Waals surface area contributed by atoms with Gasteiger partial charge in [0.15, 0.2) is 0 Å². The molecule has 3 nitrogen and oxygen atoms in total. The third kappa shape index (κ3) is 4.54. The van der Waals surface area contributed by atoms with E-state index in [1.54, 1.807) is 6.92 Å². The molecule has 0 fully saturated rings. The zero-order valence-corrected chi connectivity index (χ0v) is 13.2. The highest BCUT2D eigenvalue weighted by Crippen LogP contribution is 2.28. The molecule has 0 heterocycles. The van der Waals surface area contributed by atoms with Crippen molar-refractivity contribution in [2.45, 2.75) is 64.5 Å². The van der Waals surface area contributed by atoms with Crippen LogP contribution in [0.4, 0.5) is 0 Å². The number of rotatable bonds is 6. The third-order valence-corrected chi connectivity index (χ3v) is 3.82. The van der Waals surface area contributed by atoms with Gasteiger partial charge in [-0.15, -0.1) is 0 Å². The minimum absolute atomic E-state index is 0.0883. The fourth-order valence-corrected chi connectivity index (χ4v) is 2.11. The first-order valence-electron chi connectivity index (χ1n) is 7.17. The summed E-state index contributed by atoms with van der Waals surface area (Å²) in [4.78, 5) is 0. The lowest BCUT2D eigenvalue weighted by molar-refractivity contribution is 0.191. The first kappa shape index (κ1) is 16.5. The van der Waals surface area contributed by atoms with Gasteiger partial charge < -0.3 is 10.5 Å². The Bertz CT molecular complexity index is 469. The highest BCUT2D eigenvalue weighted by atomic mass is 16.5. The second kappa shape index (κ2) is 6.28.